The van der Waals surface area contributed by atoms with E-state index in [0.717, 1.165) is 20.3 Å². The largest absolute Gasteiger partial charge is 0.488 e. The first kappa shape index (κ1) is 22.5. The smallest absolute Gasteiger partial charge is 0.329 e. The molecule has 0 bridgehead atoms. The topological polar surface area (TPSA) is 102 Å². The fraction of sp³-hybridized carbons (Fsp3) is 0.0833. The summed E-state index contributed by atoms with van der Waals surface area (Å²) in [5, 5.41) is 13.4. The van der Waals surface area contributed by atoms with E-state index < -0.39 is 11.0 Å². The van der Waals surface area contributed by atoms with Crippen LogP contribution in [0.5, 0.6) is 5.75 Å². The highest BCUT2D eigenvalue weighted by atomic mass is 127. The molecule has 166 valence electrons. The number of nitro groups is 1. The van der Waals surface area contributed by atoms with Crippen LogP contribution in [0.2, 0.25) is 0 Å². The van der Waals surface area contributed by atoms with Gasteiger partial charge in [-0.3, -0.25) is 19.8 Å². The molecule has 0 spiro atoms. The van der Waals surface area contributed by atoms with Crippen molar-refractivity contribution in [3.8, 4) is 5.75 Å². The van der Waals surface area contributed by atoms with Crippen LogP contribution >= 0.6 is 22.6 Å². The minimum Gasteiger partial charge on any atom is -0.488 e. The van der Waals surface area contributed by atoms with Gasteiger partial charge < -0.3 is 10.1 Å². The van der Waals surface area contributed by atoms with E-state index >= 15 is 0 Å². The highest BCUT2D eigenvalue weighted by Crippen LogP contribution is 2.25. The van der Waals surface area contributed by atoms with Gasteiger partial charge in [0, 0.05) is 12.1 Å². The van der Waals surface area contributed by atoms with E-state index in [1.54, 1.807) is 30.3 Å². The normalized spacial score (nSPS) is 14.5. The Labute approximate surface area is 203 Å². The lowest BCUT2D eigenvalue weighted by Crippen LogP contribution is -2.30. The second-order valence-corrected chi connectivity index (χ2v) is 8.43. The molecule has 1 fully saturated rings. The maximum Gasteiger partial charge on any atom is 0.329 e. The van der Waals surface area contributed by atoms with Crippen molar-refractivity contribution in [1.29, 1.82) is 0 Å². The maximum atomic E-state index is 12.7. The Morgan fingerprint density at radius 2 is 1.73 bits per heavy atom. The fourth-order valence-electron chi connectivity index (χ4n) is 3.25. The molecule has 0 aliphatic carbocycles. The Kier molecular flexibility index (Phi) is 6.68. The molecule has 0 radical (unpaired) electrons. The van der Waals surface area contributed by atoms with Crippen LogP contribution in [-0.4, -0.2) is 21.8 Å². The molecule has 0 saturated carbocycles. The van der Waals surface area contributed by atoms with Gasteiger partial charge in [0.05, 0.1) is 15.0 Å². The van der Waals surface area contributed by atoms with E-state index in [2.05, 4.69) is 27.9 Å². The number of hydrogen-bond donors (Lipinski definition) is 1. The Hall–Kier alpha value is -3.73. The van der Waals surface area contributed by atoms with Gasteiger partial charge in [0.1, 0.15) is 18.1 Å². The Bertz CT molecular complexity index is 1240. The number of imide groups is 1. The standard InChI is InChI=1S/C24H18IN3O5/c25-20-12-18(8-11-22(20)33-15-17-6-9-19(10-7-17)28(31)32)13-21-23(29)27(24(30)26-21)14-16-4-2-1-3-5-16/h1-13H,14-15H2,(H,26,30)/b21-13+. The van der Waals surface area contributed by atoms with Crippen molar-refractivity contribution in [1.82, 2.24) is 10.2 Å². The Balaban J connectivity index is 1.42. The van der Waals surface area contributed by atoms with Gasteiger partial charge in [0.15, 0.2) is 0 Å². The lowest BCUT2D eigenvalue weighted by molar-refractivity contribution is -0.384. The summed E-state index contributed by atoms with van der Waals surface area (Å²) in [4.78, 5) is 36.5. The lowest BCUT2D eigenvalue weighted by Gasteiger charge is -2.11. The number of carbonyl (C=O) groups excluding carboxylic acids is 2. The molecule has 1 aliphatic heterocycles. The van der Waals surface area contributed by atoms with Gasteiger partial charge in [-0.1, -0.05) is 36.4 Å². The summed E-state index contributed by atoms with van der Waals surface area (Å²) in [6.45, 7) is 0.465. The third-order valence-electron chi connectivity index (χ3n) is 4.95. The number of halogens is 1. The molecule has 3 aromatic rings. The second-order valence-electron chi connectivity index (χ2n) is 7.27. The highest BCUT2D eigenvalue weighted by molar-refractivity contribution is 14.1. The summed E-state index contributed by atoms with van der Waals surface area (Å²) in [5.74, 6) is 0.265. The van der Waals surface area contributed by atoms with Gasteiger partial charge in [0.25, 0.3) is 11.6 Å². The van der Waals surface area contributed by atoms with Crippen LogP contribution in [0, 0.1) is 13.7 Å². The molecule has 1 aliphatic rings. The molecule has 1 saturated heterocycles. The number of rotatable bonds is 7. The zero-order chi connectivity index (χ0) is 23.4. The summed E-state index contributed by atoms with van der Waals surface area (Å²) in [6, 6.07) is 20.5. The van der Waals surface area contributed by atoms with E-state index in [9.17, 15) is 19.7 Å². The summed E-state index contributed by atoms with van der Waals surface area (Å²) in [7, 11) is 0. The van der Waals surface area contributed by atoms with Gasteiger partial charge in [-0.05, 0) is 69.6 Å². The van der Waals surface area contributed by atoms with Crippen LogP contribution in [0.4, 0.5) is 10.5 Å². The van der Waals surface area contributed by atoms with Gasteiger partial charge in [0.2, 0.25) is 0 Å². The summed E-state index contributed by atoms with van der Waals surface area (Å²) >= 11 is 2.13. The molecule has 1 heterocycles. The zero-order valence-electron chi connectivity index (χ0n) is 17.2. The summed E-state index contributed by atoms with van der Waals surface area (Å²) in [5.41, 5.74) is 2.66. The molecule has 0 atom stereocenters. The van der Waals surface area contributed by atoms with Crippen molar-refractivity contribution in [2.45, 2.75) is 13.2 Å². The number of nitro benzene ring substituents is 1. The highest BCUT2D eigenvalue weighted by Gasteiger charge is 2.33. The maximum absolute atomic E-state index is 12.7. The SMILES string of the molecule is O=C1N/C(=C/c2ccc(OCc3ccc([N+](=O)[O-])cc3)c(I)c2)C(=O)N1Cc1ccccc1. The molecule has 0 aromatic heterocycles. The Morgan fingerprint density at radius 1 is 1.00 bits per heavy atom. The van der Waals surface area contributed by atoms with Gasteiger partial charge >= 0.3 is 6.03 Å². The van der Waals surface area contributed by atoms with E-state index in [-0.39, 0.29) is 30.4 Å². The molecule has 9 heteroatoms. The fourth-order valence-corrected chi connectivity index (χ4v) is 3.94. The van der Waals surface area contributed by atoms with Crippen molar-refractivity contribution >= 4 is 46.3 Å². The van der Waals surface area contributed by atoms with Crippen LogP contribution in [0.3, 0.4) is 0 Å². The number of benzene rings is 3. The molecule has 33 heavy (non-hydrogen) atoms. The zero-order valence-corrected chi connectivity index (χ0v) is 19.4. The average molecular weight is 555 g/mol. The van der Waals surface area contributed by atoms with Crippen LogP contribution < -0.4 is 10.1 Å². The van der Waals surface area contributed by atoms with Crippen LogP contribution in [0.15, 0.2) is 78.5 Å². The van der Waals surface area contributed by atoms with Crippen molar-refractivity contribution in [3.63, 3.8) is 0 Å². The second kappa shape index (κ2) is 9.82. The van der Waals surface area contributed by atoms with E-state index in [1.165, 1.54) is 17.0 Å². The molecular weight excluding hydrogens is 537 g/mol. The van der Waals surface area contributed by atoms with Crippen LogP contribution in [-0.2, 0) is 17.9 Å². The lowest BCUT2D eigenvalue weighted by atomic mass is 10.1. The Morgan fingerprint density at radius 3 is 2.39 bits per heavy atom. The van der Waals surface area contributed by atoms with Gasteiger partial charge in [-0.25, -0.2) is 4.79 Å². The first-order valence-corrected chi connectivity index (χ1v) is 11.0. The van der Waals surface area contributed by atoms with E-state index in [0.29, 0.717) is 5.75 Å². The minimum atomic E-state index is -0.451. The molecule has 0 unspecified atom stereocenters. The van der Waals surface area contributed by atoms with Gasteiger partial charge in [-0.2, -0.15) is 0 Å². The third-order valence-corrected chi connectivity index (χ3v) is 5.80. The molecular formula is C24H18IN3O5. The molecule has 4 rings (SSSR count). The number of carbonyl (C=O) groups is 2. The average Bonchev–Trinajstić information content (AvgIpc) is 3.07. The monoisotopic (exact) mass is 555 g/mol. The number of urea groups is 1. The van der Waals surface area contributed by atoms with Crippen molar-refractivity contribution in [3.05, 3.63) is 109 Å². The van der Waals surface area contributed by atoms with Crippen LogP contribution in [0.1, 0.15) is 16.7 Å². The van der Waals surface area contributed by atoms with Crippen molar-refractivity contribution in [2.75, 3.05) is 0 Å². The molecule has 8 nitrogen and oxygen atoms in total. The number of nitrogens with zero attached hydrogens (tertiary/aromatic N) is 2. The first-order chi connectivity index (χ1) is 15.9. The molecule has 1 N–H and O–H groups in total. The third kappa shape index (κ3) is 5.37. The van der Waals surface area contributed by atoms with E-state index in [4.69, 9.17) is 4.74 Å². The predicted molar refractivity (Wildman–Crippen MR) is 130 cm³/mol. The molecule has 3 amide bonds. The number of hydrogen-bond acceptors (Lipinski definition) is 5. The summed E-state index contributed by atoms with van der Waals surface area (Å²) in [6.07, 6.45) is 1.63. The molecule has 3 aromatic carbocycles. The minimum absolute atomic E-state index is 0.0293. The quantitative estimate of drug-likeness (QED) is 0.147. The predicted octanol–water partition coefficient (Wildman–Crippen LogP) is 4.87. The van der Waals surface area contributed by atoms with Gasteiger partial charge in [-0.15, -0.1) is 0 Å². The first-order valence-electron chi connectivity index (χ1n) is 9.95. The number of ether oxygens (including phenoxy) is 1. The van der Waals surface area contributed by atoms with Crippen molar-refractivity contribution in [2.24, 2.45) is 0 Å². The number of non-ortho nitro benzene ring substituents is 1. The van der Waals surface area contributed by atoms with E-state index in [1.807, 2.05) is 36.4 Å². The number of nitrogens with one attached hydrogen (secondary N) is 1. The van der Waals surface area contributed by atoms with Crippen LogP contribution in [0.25, 0.3) is 6.08 Å². The number of amides is 3. The van der Waals surface area contributed by atoms with Crippen molar-refractivity contribution < 1.29 is 19.2 Å². The summed E-state index contributed by atoms with van der Waals surface area (Å²) < 4.78 is 6.65.